The molecule has 0 bridgehead atoms. The summed E-state index contributed by atoms with van der Waals surface area (Å²) in [5.74, 6) is 6.69. The molecule has 0 fully saturated rings. The van der Waals surface area contributed by atoms with Crippen LogP contribution in [0, 0.1) is 6.92 Å². The van der Waals surface area contributed by atoms with E-state index >= 15 is 0 Å². The van der Waals surface area contributed by atoms with Crippen molar-refractivity contribution < 1.29 is 4.74 Å². The van der Waals surface area contributed by atoms with Crippen LogP contribution in [0.4, 0.5) is 0 Å². The maximum absolute atomic E-state index is 6.20. The van der Waals surface area contributed by atoms with Crippen LogP contribution in [0.25, 0.3) is 0 Å². The fourth-order valence-electron chi connectivity index (χ4n) is 2.71. The first-order valence-corrected chi connectivity index (χ1v) is 8.22. The molecule has 0 spiro atoms. The Morgan fingerprint density at radius 3 is 3.05 bits per heavy atom. The van der Waals surface area contributed by atoms with Gasteiger partial charge in [-0.3, -0.25) is 11.3 Å². The summed E-state index contributed by atoms with van der Waals surface area (Å²) in [6.07, 6.45) is 2.49. The van der Waals surface area contributed by atoms with Crippen LogP contribution in [0.5, 0.6) is 5.75 Å². The second-order valence-electron chi connectivity index (χ2n) is 5.28. The van der Waals surface area contributed by atoms with Gasteiger partial charge >= 0.3 is 0 Å². The molecule has 3 N–H and O–H groups in total. The summed E-state index contributed by atoms with van der Waals surface area (Å²) in [6, 6.07) is 4.07. The molecule has 2 aromatic rings. The zero-order valence-corrected chi connectivity index (χ0v) is 13.4. The van der Waals surface area contributed by atoms with Gasteiger partial charge in [-0.15, -0.1) is 11.3 Å². The van der Waals surface area contributed by atoms with Crippen LogP contribution in [-0.4, -0.2) is 17.6 Å². The van der Waals surface area contributed by atoms with Crippen molar-refractivity contribution in [1.29, 1.82) is 0 Å². The van der Waals surface area contributed by atoms with Gasteiger partial charge < -0.3 is 4.74 Å². The third kappa shape index (κ3) is 3.37. The molecule has 0 saturated carbocycles. The molecule has 6 heteroatoms. The predicted octanol–water partition coefficient (Wildman–Crippen LogP) is 2.66. The normalized spacial score (nSPS) is 14.8. The number of hydrazine groups is 1. The lowest BCUT2D eigenvalue weighted by Crippen LogP contribution is -2.38. The van der Waals surface area contributed by atoms with Gasteiger partial charge in [-0.2, -0.15) is 0 Å². The molecule has 1 unspecified atom stereocenters. The summed E-state index contributed by atoms with van der Waals surface area (Å²) in [5, 5.41) is 3.92. The van der Waals surface area contributed by atoms with Gasteiger partial charge in [0.2, 0.25) is 0 Å². The summed E-state index contributed by atoms with van der Waals surface area (Å²) in [4.78, 5) is 4.50. The second-order valence-corrected chi connectivity index (χ2v) is 6.78. The number of thiazole rings is 1. The molecule has 4 nitrogen and oxygen atoms in total. The zero-order valence-electron chi connectivity index (χ0n) is 11.9. The van der Waals surface area contributed by atoms with Crippen LogP contribution in [0.1, 0.15) is 21.8 Å². The minimum Gasteiger partial charge on any atom is -0.493 e. The molecule has 3 rings (SSSR count). The van der Waals surface area contributed by atoms with Crippen LogP contribution in [0.15, 0.2) is 17.5 Å². The molecular weight excluding hydrogens is 306 g/mol. The summed E-state index contributed by atoms with van der Waals surface area (Å²) in [5.41, 5.74) is 6.26. The molecule has 0 radical (unpaired) electrons. The Hall–Kier alpha value is -1.14. The van der Waals surface area contributed by atoms with Gasteiger partial charge in [-0.25, -0.2) is 4.98 Å². The van der Waals surface area contributed by atoms with E-state index in [0.29, 0.717) is 0 Å². The number of nitrogens with one attached hydrogen (secondary N) is 1. The highest BCUT2D eigenvalue weighted by molar-refractivity contribution is 7.09. The number of hydrogen-bond acceptors (Lipinski definition) is 5. The molecule has 2 heterocycles. The molecule has 0 saturated heterocycles. The van der Waals surface area contributed by atoms with E-state index in [-0.39, 0.29) is 6.04 Å². The van der Waals surface area contributed by atoms with Crippen molar-refractivity contribution >= 4 is 22.9 Å². The van der Waals surface area contributed by atoms with Gasteiger partial charge in [0.1, 0.15) is 5.75 Å². The first-order chi connectivity index (χ1) is 10.2. The quantitative estimate of drug-likeness (QED) is 0.656. The van der Waals surface area contributed by atoms with Gasteiger partial charge in [-0.05, 0) is 36.6 Å². The molecular formula is C15H18ClN3OS. The van der Waals surface area contributed by atoms with Gasteiger partial charge in [0.05, 0.1) is 17.3 Å². The van der Waals surface area contributed by atoms with E-state index in [9.17, 15) is 0 Å². The maximum Gasteiger partial charge on any atom is 0.125 e. The molecule has 1 aliphatic rings. The van der Waals surface area contributed by atoms with Crippen molar-refractivity contribution in [2.45, 2.75) is 32.2 Å². The molecule has 1 aliphatic heterocycles. The zero-order chi connectivity index (χ0) is 14.8. The van der Waals surface area contributed by atoms with Crippen LogP contribution < -0.4 is 16.0 Å². The number of aromatic nitrogens is 1. The summed E-state index contributed by atoms with van der Waals surface area (Å²) in [7, 11) is 0. The van der Waals surface area contributed by atoms with Crippen LogP contribution in [-0.2, 0) is 19.3 Å². The number of ether oxygens (including phenoxy) is 1. The van der Waals surface area contributed by atoms with Crippen molar-refractivity contribution in [2.24, 2.45) is 5.84 Å². The number of halogens is 1. The van der Waals surface area contributed by atoms with Gasteiger partial charge in [-0.1, -0.05) is 11.6 Å². The van der Waals surface area contributed by atoms with E-state index < -0.39 is 0 Å². The molecule has 1 atom stereocenters. The molecule has 0 amide bonds. The largest absolute Gasteiger partial charge is 0.493 e. The van der Waals surface area contributed by atoms with E-state index in [0.717, 1.165) is 52.9 Å². The van der Waals surface area contributed by atoms with E-state index in [1.165, 1.54) is 5.56 Å². The number of fused-ring (bicyclic) bond motifs is 1. The van der Waals surface area contributed by atoms with Gasteiger partial charge in [0.15, 0.2) is 0 Å². The van der Waals surface area contributed by atoms with Gasteiger partial charge in [0.25, 0.3) is 0 Å². The van der Waals surface area contributed by atoms with Crippen molar-refractivity contribution in [3.05, 3.63) is 44.4 Å². The standard InChI is InChI=1S/C15H18ClN3OS/c1-9-18-14(8-21-9)7-13(19-17)6-11-5-12(16)4-10-2-3-20-15(10)11/h4-5,8,13,19H,2-3,6-7,17H2,1H3. The highest BCUT2D eigenvalue weighted by Crippen LogP contribution is 2.33. The number of nitrogens with two attached hydrogens (primary N) is 1. The number of rotatable bonds is 5. The summed E-state index contributed by atoms with van der Waals surface area (Å²) in [6.45, 7) is 2.74. The van der Waals surface area contributed by atoms with E-state index in [1.807, 2.05) is 19.1 Å². The van der Waals surface area contributed by atoms with Crippen molar-refractivity contribution in [1.82, 2.24) is 10.4 Å². The highest BCUT2D eigenvalue weighted by Gasteiger charge is 2.20. The average molecular weight is 324 g/mol. The van der Waals surface area contributed by atoms with E-state index in [1.54, 1.807) is 11.3 Å². The minimum atomic E-state index is 0.110. The number of nitrogens with zero attached hydrogens (tertiary/aromatic N) is 1. The predicted molar refractivity (Wildman–Crippen MR) is 86.0 cm³/mol. The lowest BCUT2D eigenvalue weighted by molar-refractivity contribution is 0.351. The molecule has 21 heavy (non-hydrogen) atoms. The Labute approximate surface area is 133 Å². The average Bonchev–Trinajstić information content (AvgIpc) is 3.06. The summed E-state index contributed by atoms with van der Waals surface area (Å²) < 4.78 is 5.74. The lowest BCUT2D eigenvalue weighted by Gasteiger charge is -2.17. The third-order valence-corrected chi connectivity index (χ3v) is 4.69. The first-order valence-electron chi connectivity index (χ1n) is 6.97. The van der Waals surface area contributed by atoms with Crippen LogP contribution in [0.3, 0.4) is 0 Å². The Morgan fingerprint density at radius 2 is 2.33 bits per heavy atom. The van der Waals surface area contributed by atoms with Crippen molar-refractivity contribution in [3.63, 3.8) is 0 Å². The number of aryl methyl sites for hydroxylation is 1. The fraction of sp³-hybridized carbons (Fsp3) is 0.400. The highest BCUT2D eigenvalue weighted by atomic mass is 35.5. The number of hydrogen-bond donors (Lipinski definition) is 2. The Kier molecular flexibility index (Phi) is 4.45. The maximum atomic E-state index is 6.20. The second kappa shape index (κ2) is 6.32. The molecule has 112 valence electrons. The smallest absolute Gasteiger partial charge is 0.125 e. The minimum absolute atomic E-state index is 0.110. The fourth-order valence-corrected chi connectivity index (χ4v) is 3.60. The molecule has 1 aromatic carbocycles. The van der Waals surface area contributed by atoms with Crippen molar-refractivity contribution in [3.8, 4) is 5.75 Å². The van der Waals surface area contributed by atoms with Crippen LogP contribution in [0.2, 0.25) is 5.02 Å². The Morgan fingerprint density at radius 1 is 1.48 bits per heavy atom. The molecule has 1 aromatic heterocycles. The van der Waals surface area contributed by atoms with Gasteiger partial charge in [0, 0.05) is 29.3 Å². The van der Waals surface area contributed by atoms with E-state index in [4.69, 9.17) is 22.2 Å². The monoisotopic (exact) mass is 323 g/mol. The Bertz CT molecular complexity index is 644. The summed E-state index contributed by atoms with van der Waals surface area (Å²) >= 11 is 7.86. The Balaban J connectivity index is 1.78. The third-order valence-electron chi connectivity index (χ3n) is 3.65. The van der Waals surface area contributed by atoms with Crippen molar-refractivity contribution in [2.75, 3.05) is 6.61 Å². The van der Waals surface area contributed by atoms with Crippen LogP contribution >= 0.6 is 22.9 Å². The topological polar surface area (TPSA) is 60.2 Å². The SMILES string of the molecule is Cc1nc(CC(Cc2cc(Cl)cc3c2OCC3)NN)cs1. The lowest BCUT2D eigenvalue weighted by atomic mass is 9.99. The molecule has 0 aliphatic carbocycles. The number of benzene rings is 1. The first kappa shape index (κ1) is 14.8. The van der Waals surface area contributed by atoms with E-state index in [2.05, 4.69) is 15.8 Å².